The highest BCUT2D eigenvalue weighted by atomic mass is 16.5. The minimum atomic E-state index is -0.642. The molecule has 0 amide bonds. The van der Waals surface area contributed by atoms with Crippen molar-refractivity contribution in [2.45, 2.75) is 38.7 Å². The summed E-state index contributed by atoms with van der Waals surface area (Å²) < 4.78 is 5.32. The summed E-state index contributed by atoms with van der Waals surface area (Å²) in [6, 6.07) is 2.48. The van der Waals surface area contributed by atoms with Crippen molar-refractivity contribution in [1.82, 2.24) is 0 Å². The van der Waals surface area contributed by atoms with Gasteiger partial charge in [0.2, 0.25) is 0 Å². The molecule has 1 heterocycles. The summed E-state index contributed by atoms with van der Waals surface area (Å²) >= 11 is 0. The maximum absolute atomic E-state index is 12.3. The second kappa shape index (κ2) is 7.63. The molecule has 122 valence electrons. The molecule has 1 aromatic rings. The fourth-order valence-corrected chi connectivity index (χ4v) is 2.34. The average Bonchev–Trinajstić information content (AvgIpc) is 2.46. The Bertz CT molecular complexity index is 658. The Kier molecular flexibility index (Phi) is 5.57. The van der Waals surface area contributed by atoms with Gasteiger partial charge < -0.3 is 14.9 Å². The van der Waals surface area contributed by atoms with Crippen LogP contribution in [0.5, 0.6) is 11.5 Å². The molecule has 5 nitrogen and oxygen atoms in total. The molecular weight excluding hydrogens is 296 g/mol. The summed E-state index contributed by atoms with van der Waals surface area (Å²) in [6.07, 6.45) is 8.34. The molecule has 0 saturated carbocycles. The Morgan fingerprint density at radius 1 is 1.13 bits per heavy atom. The lowest BCUT2D eigenvalue weighted by molar-refractivity contribution is -0.118. The summed E-state index contributed by atoms with van der Waals surface area (Å²) in [6.45, 7) is 1.74. The third-order valence-corrected chi connectivity index (χ3v) is 3.51. The molecule has 0 bridgehead atoms. The lowest BCUT2D eigenvalue weighted by Gasteiger charge is -2.14. The number of allylic oxidation sites excluding steroid dienone is 2. The maximum Gasteiger partial charge on any atom is 0.342 e. The van der Waals surface area contributed by atoms with Gasteiger partial charge in [-0.2, -0.15) is 0 Å². The Balaban J connectivity index is 2.37. The zero-order valence-electron chi connectivity index (χ0n) is 13.0. The van der Waals surface area contributed by atoms with Crippen molar-refractivity contribution >= 4 is 17.8 Å². The first kappa shape index (κ1) is 16.8. The van der Waals surface area contributed by atoms with Crippen LogP contribution in [0.2, 0.25) is 0 Å². The second-order valence-electron chi connectivity index (χ2n) is 5.54. The van der Waals surface area contributed by atoms with E-state index in [1.165, 1.54) is 6.07 Å². The molecule has 2 N–H and O–H groups in total. The van der Waals surface area contributed by atoms with E-state index in [2.05, 4.69) is 0 Å². The Labute approximate surface area is 134 Å². The van der Waals surface area contributed by atoms with Crippen molar-refractivity contribution in [2.75, 3.05) is 0 Å². The van der Waals surface area contributed by atoms with Gasteiger partial charge >= 0.3 is 5.97 Å². The minimum Gasteiger partial charge on any atom is -0.508 e. The zero-order chi connectivity index (χ0) is 16.8. The molecule has 0 aromatic heterocycles. The number of phenols is 2. The molecule has 0 fully saturated rings. The molecule has 0 saturated heterocycles. The minimum absolute atomic E-state index is 0.0123. The van der Waals surface area contributed by atoms with Crippen LogP contribution in [-0.2, 0) is 9.53 Å². The van der Waals surface area contributed by atoms with E-state index < -0.39 is 5.97 Å². The zero-order valence-corrected chi connectivity index (χ0v) is 13.0. The highest BCUT2D eigenvalue weighted by molar-refractivity contribution is 5.97. The molecule has 0 aliphatic carbocycles. The van der Waals surface area contributed by atoms with Gasteiger partial charge in [-0.05, 0) is 25.0 Å². The summed E-state index contributed by atoms with van der Waals surface area (Å²) in [5.41, 5.74) is 0.373. The number of phenolic OH excluding ortho intramolecular Hbond substituents is 2. The molecule has 5 heteroatoms. The van der Waals surface area contributed by atoms with E-state index in [0.29, 0.717) is 31.2 Å². The number of carbonyl (C=O) groups is 2. The van der Waals surface area contributed by atoms with E-state index in [4.69, 9.17) is 4.74 Å². The summed E-state index contributed by atoms with van der Waals surface area (Å²) in [4.78, 5) is 24.0. The summed E-state index contributed by atoms with van der Waals surface area (Å²) in [7, 11) is 0. The third-order valence-electron chi connectivity index (χ3n) is 3.51. The smallest absolute Gasteiger partial charge is 0.342 e. The van der Waals surface area contributed by atoms with Crippen LogP contribution < -0.4 is 0 Å². The number of benzene rings is 1. The van der Waals surface area contributed by atoms with Crippen LogP contribution >= 0.6 is 0 Å². The van der Waals surface area contributed by atoms with Crippen molar-refractivity contribution < 1.29 is 24.5 Å². The standard InChI is InChI=1S/C18H20O5/c1-12-6-2-4-8-14(19)9-5-3-7-13-10-15(20)11-16(21)17(13)18(22)23-12/h2-4,7,10-12,20-21H,5-6,8-9H2,1H3/b4-2+,7-3+/t12-/m0/s1. The number of fused-ring (bicyclic) bond motifs is 1. The van der Waals surface area contributed by atoms with Crippen molar-refractivity contribution in [1.29, 1.82) is 0 Å². The maximum atomic E-state index is 12.3. The second-order valence-corrected chi connectivity index (χ2v) is 5.54. The van der Waals surface area contributed by atoms with Crippen LogP contribution in [0.1, 0.15) is 48.5 Å². The van der Waals surface area contributed by atoms with Crippen molar-refractivity contribution in [3.05, 3.63) is 41.5 Å². The van der Waals surface area contributed by atoms with Gasteiger partial charge in [0.05, 0.1) is 0 Å². The van der Waals surface area contributed by atoms with E-state index in [-0.39, 0.29) is 28.9 Å². The van der Waals surface area contributed by atoms with Crippen molar-refractivity contribution in [3.63, 3.8) is 0 Å². The van der Waals surface area contributed by atoms with Gasteiger partial charge in [0, 0.05) is 25.3 Å². The number of hydrogen-bond acceptors (Lipinski definition) is 5. The van der Waals surface area contributed by atoms with Gasteiger partial charge in [0.25, 0.3) is 0 Å². The highest BCUT2D eigenvalue weighted by Gasteiger charge is 2.20. The van der Waals surface area contributed by atoms with Gasteiger partial charge in [0.15, 0.2) is 0 Å². The van der Waals surface area contributed by atoms with Crippen LogP contribution in [0, 0.1) is 0 Å². The molecule has 0 unspecified atom stereocenters. The molecule has 0 spiro atoms. The van der Waals surface area contributed by atoms with E-state index >= 15 is 0 Å². The molecule has 2 rings (SSSR count). The van der Waals surface area contributed by atoms with Crippen LogP contribution in [-0.4, -0.2) is 28.1 Å². The largest absolute Gasteiger partial charge is 0.508 e. The van der Waals surface area contributed by atoms with Crippen LogP contribution in [0.3, 0.4) is 0 Å². The number of hydrogen-bond donors (Lipinski definition) is 2. The number of Topliss-reactive ketones (excluding diaryl/α,β-unsaturated/α-hetero) is 1. The van der Waals surface area contributed by atoms with Gasteiger partial charge in [-0.15, -0.1) is 0 Å². The molecule has 1 aliphatic heterocycles. The number of rotatable bonds is 0. The lowest BCUT2D eigenvalue weighted by Crippen LogP contribution is -2.15. The van der Waals surface area contributed by atoms with Crippen LogP contribution in [0.4, 0.5) is 0 Å². The first-order chi connectivity index (χ1) is 11.0. The van der Waals surface area contributed by atoms with E-state index in [0.717, 1.165) is 6.07 Å². The molecule has 1 aromatic carbocycles. The highest BCUT2D eigenvalue weighted by Crippen LogP contribution is 2.29. The number of esters is 1. The van der Waals surface area contributed by atoms with Crippen LogP contribution in [0.25, 0.3) is 6.08 Å². The monoisotopic (exact) mass is 316 g/mol. The number of aromatic hydroxyl groups is 2. The van der Waals surface area contributed by atoms with Crippen molar-refractivity contribution in [3.8, 4) is 11.5 Å². The third kappa shape index (κ3) is 4.71. The van der Waals surface area contributed by atoms with E-state index in [9.17, 15) is 19.8 Å². The SMILES string of the molecule is C[C@H]1C/C=C/CC(=O)CC/C=C/c2cc(O)cc(O)c2C(=O)O1. The summed E-state index contributed by atoms with van der Waals surface area (Å²) in [5.74, 6) is -0.991. The Hall–Kier alpha value is -2.56. The molecule has 1 aliphatic rings. The van der Waals surface area contributed by atoms with Gasteiger partial charge in [-0.25, -0.2) is 4.79 Å². The molecule has 1 atom stereocenters. The predicted molar refractivity (Wildman–Crippen MR) is 86.3 cm³/mol. The average molecular weight is 316 g/mol. The number of carbonyl (C=O) groups excluding carboxylic acids is 2. The quantitative estimate of drug-likeness (QED) is 0.566. The first-order valence-corrected chi connectivity index (χ1v) is 7.57. The lowest BCUT2D eigenvalue weighted by atomic mass is 10.0. The Morgan fingerprint density at radius 2 is 1.91 bits per heavy atom. The summed E-state index contributed by atoms with van der Waals surface area (Å²) in [5, 5.41) is 19.6. The van der Waals surface area contributed by atoms with E-state index in [1.54, 1.807) is 25.2 Å². The number of cyclic esters (lactones) is 1. The topological polar surface area (TPSA) is 83.8 Å². The molecule has 0 radical (unpaired) electrons. The van der Waals surface area contributed by atoms with E-state index in [1.807, 2.05) is 6.08 Å². The van der Waals surface area contributed by atoms with Gasteiger partial charge in [-0.3, -0.25) is 4.79 Å². The van der Waals surface area contributed by atoms with Gasteiger partial charge in [-0.1, -0.05) is 24.3 Å². The number of ketones is 1. The predicted octanol–water partition coefficient (Wildman–Crippen LogP) is 3.36. The fraction of sp³-hybridized carbons (Fsp3) is 0.333. The van der Waals surface area contributed by atoms with Crippen LogP contribution in [0.15, 0.2) is 30.4 Å². The number of ether oxygens (including phenoxy) is 1. The Morgan fingerprint density at radius 3 is 2.70 bits per heavy atom. The normalized spacial score (nSPS) is 22.6. The first-order valence-electron chi connectivity index (χ1n) is 7.57. The molecular formula is C18H20O5. The molecule has 23 heavy (non-hydrogen) atoms. The van der Waals surface area contributed by atoms with Gasteiger partial charge in [0.1, 0.15) is 28.9 Å². The van der Waals surface area contributed by atoms with Crippen molar-refractivity contribution in [2.24, 2.45) is 0 Å². The fourth-order valence-electron chi connectivity index (χ4n) is 2.34.